The van der Waals surface area contributed by atoms with Gasteiger partial charge in [-0.15, -0.1) is 0 Å². The molecule has 1 fully saturated rings. The van der Waals surface area contributed by atoms with E-state index >= 15 is 0 Å². The summed E-state index contributed by atoms with van der Waals surface area (Å²) in [5, 5.41) is 0.756. The molecule has 0 bridgehead atoms. The highest BCUT2D eigenvalue weighted by Gasteiger charge is 2.33. The van der Waals surface area contributed by atoms with Gasteiger partial charge in [-0.05, 0) is 24.6 Å². The first-order valence-corrected chi connectivity index (χ1v) is 8.30. The molecule has 0 radical (unpaired) electrons. The zero-order valence-electron chi connectivity index (χ0n) is 10.3. The van der Waals surface area contributed by atoms with E-state index in [4.69, 9.17) is 23.2 Å². The third kappa shape index (κ3) is 3.41. The van der Waals surface area contributed by atoms with E-state index in [0.717, 1.165) is 0 Å². The van der Waals surface area contributed by atoms with Crippen molar-refractivity contribution in [1.29, 1.82) is 0 Å². The molecule has 0 aromatic heterocycles. The second-order valence-corrected chi connectivity index (χ2v) is 7.73. The lowest BCUT2D eigenvalue weighted by Gasteiger charge is -2.23. The van der Waals surface area contributed by atoms with Crippen LogP contribution in [0.5, 0.6) is 0 Å². The number of carbonyl (C=O) groups is 1. The minimum absolute atomic E-state index is 0.0174. The van der Waals surface area contributed by atoms with Crippen LogP contribution < -0.4 is 0 Å². The number of benzene rings is 1. The average molecular weight is 322 g/mol. The van der Waals surface area contributed by atoms with Gasteiger partial charge in [-0.2, -0.15) is 0 Å². The van der Waals surface area contributed by atoms with Crippen molar-refractivity contribution < 1.29 is 13.2 Å². The Kier molecular flexibility index (Phi) is 4.08. The first-order chi connectivity index (χ1) is 8.78. The van der Waals surface area contributed by atoms with Crippen LogP contribution in [-0.2, 0) is 9.84 Å². The molecule has 1 unspecified atom stereocenters. The van der Waals surface area contributed by atoms with Gasteiger partial charge in [0.05, 0.1) is 11.5 Å². The molecule has 1 heterocycles. The van der Waals surface area contributed by atoms with Crippen molar-refractivity contribution in [2.45, 2.75) is 12.5 Å². The normalized spacial score (nSPS) is 21.3. The van der Waals surface area contributed by atoms with E-state index in [-0.39, 0.29) is 23.5 Å². The SMILES string of the molecule is CN(C(=O)c1cc(Cl)cc(Cl)c1)C1CCS(=O)(=O)C1. The van der Waals surface area contributed by atoms with Crippen LogP contribution in [0, 0.1) is 0 Å². The van der Waals surface area contributed by atoms with Crippen molar-refractivity contribution in [1.82, 2.24) is 4.90 Å². The maximum Gasteiger partial charge on any atom is 0.253 e. The average Bonchev–Trinajstić information content (AvgIpc) is 2.66. The molecule has 1 aliphatic rings. The van der Waals surface area contributed by atoms with Gasteiger partial charge in [-0.25, -0.2) is 8.42 Å². The molecule has 0 aliphatic carbocycles. The Bertz CT molecular complexity index is 595. The lowest BCUT2D eigenvalue weighted by atomic mass is 10.1. The van der Waals surface area contributed by atoms with Crippen molar-refractivity contribution in [3.8, 4) is 0 Å². The molecule has 1 saturated heterocycles. The largest absolute Gasteiger partial charge is 0.338 e. The monoisotopic (exact) mass is 321 g/mol. The van der Waals surface area contributed by atoms with Crippen molar-refractivity contribution >= 4 is 38.9 Å². The van der Waals surface area contributed by atoms with Gasteiger partial charge in [0.1, 0.15) is 0 Å². The van der Waals surface area contributed by atoms with Crippen molar-refractivity contribution in [2.24, 2.45) is 0 Å². The zero-order valence-corrected chi connectivity index (χ0v) is 12.6. The number of carbonyl (C=O) groups excluding carboxylic acids is 1. The number of sulfone groups is 1. The molecule has 1 amide bonds. The Hall–Kier alpha value is -0.780. The zero-order chi connectivity index (χ0) is 14.2. The van der Waals surface area contributed by atoms with E-state index in [1.807, 2.05) is 0 Å². The molecule has 0 N–H and O–H groups in total. The highest BCUT2D eigenvalue weighted by Crippen LogP contribution is 2.22. The first-order valence-electron chi connectivity index (χ1n) is 5.72. The predicted octanol–water partition coefficient (Wildman–Crippen LogP) is 2.25. The van der Waals surface area contributed by atoms with E-state index in [1.165, 1.54) is 17.0 Å². The molecule has 7 heteroatoms. The molecule has 4 nitrogen and oxygen atoms in total. The summed E-state index contributed by atoms with van der Waals surface area (Å²) < 4.78 is 22.9. The summed E-state index contributed by atoms with van der Waals surface area (Å²) in [4.78, 5) is 13.7. The van der Waals surface area contributed by atoms with Crippen LogP contribution in [0.3, 0.4) is 0 Å². The molecular formula is C12H13Cl2NO3S. The number of rotatable bonds is 2. The summed E-state index contributed by atoms with van der Waals surface area (Å²) in [6, 6.07) is 4.31. The fraction of sp³-hybridized carbons (Fsp3) is 0.417. The Labute approximate surface area is 122 Å². The van der Waals surface area contributed by atoms with E-state index in [9.17, 15) is 13.2 Å². The van der Waals surface area contributed by atoms with Crippen LogP contribution in [0.1, 0.15) is 16.8 Å². The highest BCUT2D eigenvalue weighted by molar-refractivity contribution is 7.91. The minimum Gasteiger partial charge on any atom is -0.338 e. The van der Waals surface area contributed by atoms with Gasteiger partial charge < -0.3 is 4.90 Å². The minimum atomic E-state index is -3.02. The Morgan fingerprint density at radius 1 is 1.26 bits per heavy atom. The Morgan fingerprint density at radius 2 is 1.84 bits per heavy atom. The summed E-state index contributed by atoms with van der Waals surface area (Å²) in [5.41, 5.74) is 0.365. The molecular weight excluding hydrogens is 309 g/mol. The molecule has 19 heavy (non-hydrogen) atoms. The lowest BCUT2D eigenvalue weighted by Crippen LogP contribution is -2.37. The van der Waals surface area contributed by atoms with Gasteiger partial charge in [0.15, 0.2) is 9.84 Å². The van der Waals surface area contributed by atoms with Gasteiger partial charge in [-0.1, -0.05) is 23.2 Å². The summed E-state index contributed by atoms with van der Waals surface area (Å²) in [6.07, 6.45) is 0.471. The summed E-state index contributed by atoms with van der Waals surface area (Å²) in [6.45, 7) is 0. The molecule has 0 saturated carbocycles. The molecule has 1 aromatic rings. The number of halogens is 2. The smallest absolute Gasteiger partial charge is 0.253 e. The Balaban J connectivity index is 2.20. The number of hydrogen-bond donors (Lipinski definition) is 0. The van der Waals surface area contributed by atoms with E-state index in [1.54, 1.807) is 13.1 Å². The maximum absolute atomic E-state index is 12.3. The van der Waals surface area contributed by atoms with Gasteiger partial charge in [0.2, 0.25) is 0 Å². The number of nitrogens with zero attached hydrogens (tertiary/aromatic N) is 1. The fourth-order valence-electron chi connectivity index (χ4n) is 2.13. The lowest BCUT2D eigenvalue weighted by molar-refractivity contribution is 0.0747. The molecule has 1 atom stereocenters. The van der Waals surface area contributed by atoms with Gasteiger partial charge >= 0.3 is 0 Å². The summed E-state index contributed by atoms with van der Waals surface area (Å²) >= 11 is 11.7. The first kappa shape index (κ1) is 14.6. The van der Waals surface area contributed by atoms with Crippen LogP contribution in [0.15, 0.2) is 18.2 Å². The standard InChI is InChI=1S/C12H13Cl2NO3S/c1-15(11-2-3-19(17,18)7-11)12(16)8-4-9(13)6-10(14)5-8/h4-6,11H,2-3,7H2,1H3. The fourth-order valence-corrected chi connectivity index (χ4v) is 4.43. The van der Waals surface area contributed by atoms with Crippen LogP contribution in [0.25, 0.3) is 0 Å². The van der Waals surface area contributed by atoms with Crippen molar-refractivity contribution in [3.05, 3.63) is 33.8 Å². The maximum atomic E-state index is 12.3. The number of hydrogen-bond acceptors (Lipinski definition) is 3. The van der Waals surface area contributed by atoms with Crippen LogP contribution in [0.2, 0.25) is 10.0 Å². The molecule has 0 spiro atoms. The topological polar surface area (TPSA) is 54.5 Å². The summed E-state index contributed by atoms with van der Waals surface area (Å²) in [5.74, 6) is -0.124. The van der Waals surface area contributed by atoms with Gasteiger partial charge in [-0.3, -0.25) is 4.79 Å². The van der Waals surface area contributed by atoms with Crippen LogP contribution in [-0.4, -0.2) is 43.8 Å². The molecule has 1 aliphatic heterocycles. The number of amides is 1. The van der Waals surface area contributed by atoms with E-state index in [2.05, 4.69) is 0 Å². The predicted molar refractivity (Wildman–Crippen MR) is 75.6 cm³/mol. The van der Waals surface area contributed by atoms with E-state index < -0.39 is 9.84 Å². The Morgan fingerprint density at radius 3 is 2.32 bits per heavy atom. The van der Waals surface area contributed by atoms with E-state index in [0.29, 0.717) is 22.0 Å². The third-order valence-electron chi connectivity index (χ3n) is 3.19. The van der Waals surface area contributed by atoms with Crippen molar-refractivity contribution in [3.63, 3.8) is 0 Å². The van der Waals surface area contributed by atoms with Crippen molar-refractivity contribution in [2.75, 3.05) is 18.6 Å². The molecule has 1 aromatic carbocycles. The summed E-state index contributed by atoms with van der Waals surface area (Å²) in [7, 11) is -1.42. The molecule has 2 rings (SSSR count). The van der Waals surface area contributed by atoms with Crippen LogP contribution in [0.4, 0.5) is 0 Å². The third-order valence-corrected chi connectivity index (χ3v) is 5.37. The molecule has 104 valence electrons. The van der Waals surface area contributed by atoms with Crippen LogP contribution >= 0.6 is 23.2 Å². The van der Waals surface area contributed by atoms with Gasteiger partial charge in [0, 0.05) is 28.7 Å². The second kappa shape index (κ2) is 5.31. The highest BCUT2D eigenvalue weighted by atomic mass is 35.5. The second-order valence-electron chi connectivity index (χ2n) is 4.63. The quantitative estimate of drug-likeness (QED) is 0.839. The van der Waals surface area contributed by atoms with Gasteiger partial charge in [0.25, 0.3) is 5.91 Å².